The normalized spacial score (nSPS) is 10.1. The standard InChI is InChI=1S/C15H16N2O3/c1-11-3-8-15(17(18)19)14(9-11)16-10-12-4-6-13(20-2)7-5-12/h3-9,16H,10H2,1-2H3. The van der Waals surface area contributed by atoms with Gasteiger partial charge in [0.25, 0.3) is 5.69 Å². The van der Waals surface area contributed by atoms with E-state index >= 15 is 0 Å². The molecule has 0 aliphatic heterocycles. The second-order valence-electron chi connectivity index (χ2n) is 4.48. The van der Waals surface area contributed by atoms with E-state index in [1.54, 1.807) is 19.2 Å². The predicted octanol–water partition coefficient (Wildman–Crippen LogP) is 3.52. The SMILES string of the molecule is COc1ccc(CNc2cc(C)ccc2[N+](=O)[O-])cc1. The van der Waals surface area contributed by atoms with E-state index < -0.39 is 0 Å². The van der Waals surface area contributed by atoms with Gasteiger partial charge >= 0.3 is 0 Å². The second-order valence-corrected chi connectivity index (χ2v) is 4.48. The molecule has 1 N–H and O–H groups in total. The Morgan fingerprint density at radius 3 is 2.50 bits per heavy atom. The van der Waals surface area contributed by atoms with E-state index in [-0.39, 0.29) is 10.6 Å². The molecule has 0 fully saturated rings. The molecule has 0 radical (unpaired) electrons. The first-order chi connectivity index (χ1) is 9.60. The zero-order valence-electron chi connectivity index (χ0n) is 11.4. The highest BCUT2D eigenvalue weighted by molar-refractivity contribution is 5.62. The third-order valence-electron chi connectivity index (χ3n) is 2.99. The van der Waals surface area contributed by atoms with Crippen molar-refractivity contribution in [1.29, 1.82) is 0 Å². The lowest BCUT2D eigenvalue weighted by atomic mass is 10.1. The van der Waals surface area contributed by atoms with Gasteiger partial charge in [0, 0.05) is 12.6 Å². The number of hydrogen-bond donors (Lipinski definition) is 1. The first kappa shape index (κ1) is 13.9. The number of hydrogen-bond acceptors (Lipinski definition) is 4. The summed E-state index contributed by atoms with van der Waals surface area (Å²) in [6, 6.07) is 12.6. The van der Waals surface area contributed by atoms with Crippen LogP contribution < -0.4 is 10.1 Å². The van der Waals surface area contributed by atoms with E-state index in [2.05, 4.69) is 5.32 Å². The average molecular weight is 272 g/mol. The molecule has 0 aliphatic rings. The van der Waals surface area contributed by atoms with Gasteiger partial charge in [-0.25, -0.2) is 0 Å². The zero-order chi connectivity index (χ0) is 14.5. The molecule has 0 heterocycles. The summed E-state index contributed by atoms with van der Waals surface area (Å²) in [6.45, 7) is 2.43. The van der Waals surface area contributed by atoms with Gasteiger partial charge in [0.2, 0.25) is 0 Å². The van der Waals surface area contributed by atoms with E-state index in [0.29, 0.717) is 12.2 Å². The summed E-state index contributed by atoms with van der Waals surface area (Å²) in [5.74, 6) is 0.787. The molecule has 5 heteroatoms. The third-order valence-corrected chi connectivity index (χ3v) is 2.99. The number of nitro groups is 1. The minimum Gasteiger partial charge on any atom is -0.497 e. The lowest BCUT2D eigenvalue weighted by Crippen LogP contribution is -2.03. The van der Waals surface area contributed by atoms with E-state index in [0.717, 1.165) is 16.9 Å². The highest BCUT2D eigenvalue weighted by Crippen LogP contribution is 2.25. The Labute approximate surface area is 117 Å². The monoisotopic (exact) mass is 272 g/mol. The van der Waals surface area contributed by atoms with Crippen molar-refractivity contribution >= 4 is 11.4 Å². The molecule has 0 saturated heterocycles. The van der Waals surface area contributed by atoms with E-state index in [4.69, 9.17) is 4.74 Å². The first-order valence-electron chi connectivity index (χ1n) is 6.22. The number of aryl methyl sites for hydroxylation is 1. The molecule has 0 spiro atoms. The van der Waals surface area contributed by atoms with Crippen LogP contribution in [0.15, 0.2) is 42.5 Å². The summed E-state index contributed by atoms with van der Waals surface area (Å²) in [6.07, 6.45) is 0. The van der Waals surface area contributed by atoms with Crippen molar-refractivity contribution in [2.45, 2.75) is 13.5 Å². The van der Waals surface area contributed by atoms with Crippen molar-refractivity contribution in [3.63, 3.8) is 0 Å². The van der Waals surface area contributed by atoms with Crippen LogP contribution in [0.3, 0.4) is 0 Å². The number of anilines is 1. The van der Waals surface area contributed by atoms with Gasteiger partial charge in [-0.15, -0.1) is 0 Å². The lowest BCUT2D eigenvalue weighted by molar-refractivity contribution is -0.384. The maximum absolute atomic E-state index is 11.0. The fourth-order valence-electron chi connectivity index (χ4n) is 1.89. The van der Waals surface area contributed by atoms with Crippen LogP contribution in [0.1, 0.15) is 11.1 Å². The number of ether oxygens (including phenoxy) is 1. The minimum atomic E-state index is -0.379. The van der Waals surface area contributed by atoms with Gasteiger partial charge in [0.15, 0.2) is 0 Å². The highest BCUT2D eigenvalue weighted by atomic mass is 16.6. The van der Waals surface area contributed by atoms with Gasteiger partial charge in [-0.3, -0.25) is 10.1 Å². The lowest BCUT2D eigenvalue weighted by Gasteiger charge is -2.08. The summed E-state index contributed by atoms with van der Waals surface area (Å²) in [5.41, 5.74) is 2.63. The largest absolute Gasteiger partial charge is 0.497 e. The number of rotatable bonds is 5. The molecule has 0 atom stereocenters. The van der Waals surface area contributed by atoms with Crippen LogP contribution in [0.2, 0.25) is 0 Å². The highest BCUT2D eigenvalue weighted by Gasteiger charge is 2.12. The van der Waals surface area contributed by atoms with Crippen LogP contribution in [0, 0.1) is 17.0 Å². The topological polar surface area (TPSA) is 64.4 Å². The van der Waals surface area contributed by atoms with Crippen molar-refractivity contribution in [3.8, 4) is 5.75 Å². The Morgan fingerprint density at radius 1 is 1.20 bits per heavy atom. The van der Waals surface area contributed by atoms with Crippen LogP contribution in [0.25, 0.3) is 0 Å². The molecular formula is C15H16N2O3. The van der Waals surface area contributed by atoms with Gasteiger partial charge in [-0.1, -0.05) is 18.2 Å². The summed E-state index contributed by atoms with van der Waals surface area (Å²) < 4.78 is 5.09. The van der Waals surface area contributed by atoms with Crippen molar-refractivity contribution in [2.75, 3.05) is 12.4 Å². The Morgan fingerprint density at radius 2 is 1.90 bits per heavy atom. The summed E-state index contributed by atoms with van der Waals surface area (Å²) >= 11 is 0. The van der Waals surface area contributed by atoms with Gasteiger partial charge < -0.3 is 10.1 Å². The van der Waals surface area contributed by atoms with Crippen molar-refractivity contribution < 1.29 is 9.66 Å². The Balaban J connectivity index is 2.13. The molecule has 0 bridgehead atoms. The Bertz CT molecular complexity index is 609. The molecule has 0 unspecified atom stereocenters. The summed E-state index contributed by atoms with van der Waals surface area (Å²) in [5, 5.41) is 14.1. The molecule has 2 rings (SSSR count). The van der Waals surface area contributed by atoms with Crippen molar-refractivity contribution in [3.05, 3.63) is 63.7 Å². The van der Waals surface area contributed by atoms with E-state index in [9.17, 15) is 10.1 Å². The molecule has 0 aliphatic carbocycles. The number of nitro benzene ring substituents is 1. The Kier molecular flexibility index (Phi) is 4.20. The van der Waals surface area contributed by atoms with E-state index in [1.807, 2.05) is 31.2 Å². The van der Waals surface area contributed by atoms with Crippen LogP contribution in [-0.4, -0.2) is 12.0 Å². The van der Waals surface area contributed by atoms with Gasteiger partial charge in [0.05, 0.1) is 12.0 Å². The fourth-order valence-corrected chi connectivity index (χ4v) is 1.89. The minimum absolute atomic E-state index is 0.0871. The van der Waals surface area contributed by atoms with Gasteiger partial charge in [-0.05, 0) is 36.2 Å². The van der Waals surface area contributed by atoms with Crippen molar-refractivity contribution in [2.24, 2.45) is 0 Å². The molecule has 5 nitrogen and oxygen atoms in total. The maximum Gasteiger partial charge on any atom is 0.292 e. The molecule has 20 heavy (non-hydrogen) atoms. The molecular weight excluding hydrogens is 256 g/mol. The third kappa shape index (κ3) is 3.26. The Hall–Kier alpha value is -2.56. The molecule has 2 aromatic rings. The smallest absolute Gasteiger partial charge is 0.292 e. The second kappa shape index (κ2) is 6.06. The zero-order valence-corrected chi connectivity index (χ0v) is 11.4. The number of methoxy groups -OCH3 is 1. The summed E-state index contributed by atoms with van der Waals surface area (Å²) in [7, 11) is 1.61. The molecule has 2 aromatic carbocycles. The number of nitrogens with one attached hydrogen (secondary N) is 1. The van der Waals surface area contributed by atoms with Gasteiger partial charge in [0.1, 0.15) is 11.4 Å². The van der Waals surface area contributed by atoms with Gasteiger partial charge in [-0.2, -0.15) is 0 Å². The average Bonchev–Trinajstić information content (AvgIpc) is 2.45. The molecule has 0 amide bonds. The van der Waals surface area contributed by atoms with Crippen molar-refractivity contribution in [1.82, 2.24) is 0 Å². The fraction of sp³-hybridized carbons (Fsp3) is 0.200. The van der Waals surface area contributed by atoms with Crippen LogP contribution in [0.4, 0.5) is 11.4 Å². The quantitative estimate of drug-likeness (QED) is 0.668. The molecule has 0 aromatic heterocycles. The number of nitrogens with zero attached hydrogens (tertiary/aromatic N) is 1. The maximum atomic E-state index is 11.0. The molecule has 104 valence electrons. The first-order valence-corrected chi connectivity index (χ1v) is 6.22. The van der Waals surface area contributed by atoms with Crippen LogP contribution >= 0.6 is 0 Å². The molecule has 0 saturated carbocycles. The van der Waals surface area contributed by atoms with E-state index in [1.165, 1.54) is 6.07 Å². The number of benzene rings is 2. The summed E-state index contributed by atoms with van der Waals surface area (Å²) in [4.78, 5) is 10.6. The predicted molar refractivity (Wildman–Crippen MR) is 78.2 cm³/mol. The van der Waals surface area contributed by atoms with Crippen LogP contribution in [0.5, 0.6) is 5.75 Å². The van der Waals surface area contributed by atoms with Crippen LogP contribution in [-0.2, 0) is 6.54 Å².